The van der Waals surface area contributed by atoms with E-state index in [2.05, 4.69) is 5.32 Å². The van der Waals surface area contributed by atoms with E-state index in [4.69, 9.17) is 4.74 Å². The van der Waals surface area contributed by atoms with Gasteiger partial charge in [-0.1, -0.05) is 0 Å². The van der Waals surface area contributed by atoms with E-state index in [1.54, 1.807) is 20.8 Å². The quantitative estimate of drug-likeness (QED) is 0.591. The summed E-state index contributed by atoms with van der Waals surface area (Å²) in [7, 11) is 0. The minimum atomic E-state index is -1.56. The molecule has 0 unspecified atom stereocenters. The van der Waals surface area contributed by atoms with E-state index in [0.717, 1.165) is 0 Å². The van der Waals surface area contributed by atoms with Gasteiger partial charge in [-0.3, -0.25) is 0 Å². The molecule has 0 bridgehead atoms. The number of nitrogens with one attached hydrogen (secondary N) is 1. The number of rotatable bonds is 1. The van der Waals surface area contributed by atoms with Crippen molar-refractivity contribution in [3.63, 3.8) is 0 Å². The van der Waals surface area contributed by atoms with Crippen molar-refractivity contribution < 1.29 is 19.7 Å². The van der Waals surface area contributed by atoms with Crippen LogP contribution in [0.15, 0.2) is 0 Å². The molecule has 5 nitrogen and oxygen atoms in total. The molecule has 0 aromatic rings. The van der Waals surface area contributed by atoms with Gasteiger partial charge in [0.25, 0.3) is 0 Å². The lowest BCUT2D eigenvalue weighted by Gasteiger charge is -2.32. The Bertz CT molecular complexity index is 247. The number of carbonyl (C=O) groups excluding carboxylic acids is 1. The molecule has 0 aromatic heterocycles. The van der Waals surface area contributed by atoms with E-state index < -0.39 is 17.5 Å². The van der Waals surface area contributed by atoms with Gasteiger partial charge in [0.2, 0.25) is 0 Å². The monoisotopic (exact) mass is 231 g/mol. The smallest absolute Gasteiger partial charge is 0.407 e. The molecule has 1 rings (SSSR count). The van der Waals surface area contributed by atoms with Crippen molar-refractivity contribution in [2.75, 3.05) is 0 Å². The van der Waals surface area contributed by atoms with E-state index in [0.29, 0.717) is 12.8 Å². The van der Waals surface area contributed by atoms with E-state index in [9.17, 15) is 15.0 Å². The SMILES string of the molecule is CC(C)(C)OC(=O)NC1CCC(O)(O)CC1. The fourth-order valence-corrected chi connectivity index (χ4v) is 1.70. The van der Waals surface area contributed by atoms with Crippen molar-refractivity contribution in [2.24, 2.45) is 0 Å². The molecule has 0 spiro atoms. The lowest BCUT2D eigenvalue weighted by molar-refractivity contribution is -0.183. The third kappa shape index (κ3) is 4.81. The summed E-state index contributed by atoms with van der Waals surface area (Å²) in [4.78, 5) is 11.4. The maximum absolute atomic E-state index is 11.4. The molecule has 1 saturated carbocycles. The maximum atomic E-state index is 11.4. The summed E-state index contributed by atoms with van der Waals surface area (Å²) in [5, 5.41) is 21.4. The largest absolute Gasteiger partial charge is 0.444 e. The minimum Gasteiger partial charge on any atom is -0.444 e. The lowest BCUT2D eigenvalue weighted by atomic mass is 9.90. The van der Waals surface area contributed by atoms with Crippen molar-refractivity contribution in [3.05, 3.63) is 0 Å². The summed E-state index contributed by atoms with van der Waals surface area (Å²) in [6.45, 7) is 5.42. The Kier molecular flexibility index (Phi) is 3.80. The number of hydrogen-bond acceptors (Lipinski definition) is 4. The molecule has 1 fully saturated rings. The zero-order valence-electron chi connectivity index (χ0n) is 10.1. The molecule has 0 saturated heterocycles. The van der Waals surface area contributed by atoms with Crippen LogP contribution < -0.4 is 5.32 Å². The fraction of sp³-hybridized carbons (Fsp3) is 0.909. The minimum absolute atomic E-state index is 0.0257. The van der Waals surface area contributed by atoms with Gasteiger partial charge >= 0.3 is 6.09 Å². The standard InChI is InChI=1S/C11H21NO4/c1-10(2,3)16-9(13)12-8-4-6-11(14,15)7-5-8/h8,14-15H,4-7H2,1-3H3,(H,12,13). The summed E-state index contributed by atoms with van der Waals surface area (Å²) in [6, 6.07) is -0.0257. The van der Waals surface area contributed by atoms with Crippen LogP contribution in [0, 0.1) is 0 Å². The summed E-state index contributed by atoms with van der Waals surface area (Å²) in [5.41, 5.74) is -0.504. The molecule has 16 heavy (non-hydrogen) atoms. The van der Waals surface area contributed by atoms with Crippen molar-refractivity contribution in [1.82, 2.24) is 5.32 Å². The van der Waals surface area contributed by atoms with E-state index in [1.165, 1.54) is 0 Å². The topological polar surface area (TPSA) is 78.8 Å². The second-order valence-corrected chi connectivity index (χ2v) is 5.40. The second-order valence-electron chi connectivity index (χ2n) is 5.40. The highest BCUT2D eigenvalue weighted by Gasteiger charge is 2.31. The highest BCUT2D eigenvalue weighted by molar-refractivity contribution is 5.68. The van der Waals surface area contributed by atoms with Crippen LogP contribution in [-0.4, -0.2) is 33.7 Å². The molecule has 0 aliphatic heterocycles. The van der Waals surface area contributed by atoms with Crippen molar-refractivity contribution in [1.29, 1.82) is 0 Å². The Morgan fingerprint density at radius 1 is 1.31 bits per heavy atom. The maximum Gasteiger partial charge on any atom is 0.407 e. The molecule has 3 N–H and O–H groups in total. The molecule has 1 amide bonds. The van der Waals surface area contributed by atoms with Gasteiger partial charge < -0.3 is 20.3 Å². The van der Waals surface area contributed by atoms with E-state index in [-0.39, 0.29) is 18.9 Å². The van der Waals surface area contributed by atoms with E-state index >= 15 is 0 Å². The van der Waals surface area contributed by atoms with Crippen molar-refractivity contribution >= 4 is 6.09 Å². The normalized spacial score (nSPS) is 21.6. The molecule has 0 atom stereocenters. The summed E-state index contributed by atoms with van der Waals surface area (Å²) < 4.78 is 5.12. The first-order valence-electron chi connectivity index (χ1n) is 5.62. The third-order valence-electron chi connectivity index (χ3n) is 2.51. The van der Waals surface area contributed by atoms with Crippen LogP contribution in [0.3, 0.4) is 0 Å². The zero-order valence-corrected chi connectivity index (χ0v) is 10.1. The Balaban J connectivity index is 2.32. The first-order chi connectivity index (χ1) is 7.18. The number of ether oxygens (including phenoxy) is 1. The molecular formula is C11H21NO4. The van der Waals surface area contributed by atoms with Crippen molar-refractivity contribution in [3.8, 4) is 0 Å². The van der Waals surface area contributed by atoms with Crippen LogP contribution >= 0.6 is 0 Å². The van der Waals surface area contributed by atoms with Crippen molar-refractivity contribution in [2.45, 2.75) is 63.9 Å². The third-order valence-corrected chi connectivity index (χ3v) is 2.51. The second kappa shape index (κ2) is 4.59. The van der Waals surface area contributed by atoms with Crippen LogP contribution in [-0.2, 0) is 4.74 Å². The Morgan fingerprint density at radius 2 is 1.81 bits per heavy atom. The number of carbonyl (C=O) groups is 1. The van der Waals surface area contributed by atoms with Gasteiger partial charge in [-0.25, -0.2) is 4.79 Å². The zero-order chi connectivity index (χ0) is 12.4. The van der Waals surface area contributed by atoms with Gasteiger partial charge in [0, 0.05) is 18.9 Å². The predicted octanol–water partition coefficient (Wildman–Crippen LogP) is 1.13. The first kappa shape index (κ1) is 13.3. The predicted molar refractivity (Wildman–Crippen MR) is 58.8 cm³/mol. The van der Waals surface area contributed by atoms with Crippen LogP contribution in [0.4, 0.5) is 4.79 Å². The highest BCUT2D eigenvalue weighted by Crippen LogP contribution is 2.25. The molecular weight excluding hydrogens is 210 g/mol. The number of alkyl carbamates (subject to hydrolysis) is 1. The average Bonchev–Trinajstić information content (AvgIpc) is 2.05. The van der Waals surface area contributed by atoms with Crippen LogP contribution in [0.25, 0.3) is 0 Å². The van der Waals surface area contributed by atoms with E-state index in [1.807, 2.05) is 0 Å². The Morgan fingerprint density at radius 3 is 2.25 bits per heavy atom. The highest BCUT2D eigenvalue weighted by atomic mass is 16.6. The van der Waals surface area contributed by atoms with Crippen LogP contribution in [0.1, 0.15) is 46.5 Å². The van der Waals surface area contributed by atoms with Crippen LogP contribution in [0.5, 0.6) is 0 Å². The summed E-state index contributed by atoms with van der Waals surface area (Å²) in [5.74, 6) is -1.56. The van der Waals surface area contributed by atoms with Gasteiger partial charge in [-0.05, 0) is 33.6 Å². The Hall–Kier alpha value is -0.810. The molecule has 5 heteroatoms. The Labute approximate surface area is 95.8 Å². The molecule has 94 valence electrons. The molecule has 0 aromatic carbocycles. The summed E-state index contributed by atoms with van der Waals surface area (Å²) in [6.07, 6.45) is 1.25. The van der Waals surface area contributed by atoms with Gasteiger partial charge in [-0.2, -0.15) is 0 Å². The van der Waals surface area contributed by atoms with Crippen LogP contribution in [0.2, 0.25) is 0 Å². The molecule has 1 aliphatic rings. The molecule has 0 heterocycles. The first-order valence-corrected chi connectivity index (χ1v) is 5.62. The number of amides is 1. The van der Waals surface area contributed by atoms with Gasteiger partial charge in [0.05, 0.1) is 0 Å². The van der Waals surface area contributed by atoms with Gasteiger partial charge in [-0.15, -0.1) is 0 Å². The fourth-order valence-electron chi connectivity index (χ4n) is 1.70. The van der Waals surface area contributed by atoms with Gasteiger partial charge in [0.15, 0.2) is 5.79 Å². The summed E-state index contributed by atoms with van der Waals surface area (Å²) >= 11 is 0. The molecule has 1 aliphatic carbocycles. The molecule has 0 radical (unpaired) electrons. The van der Waals surface area contributed by atoms with Gasteiger partial charge in [0.1, 0.15) is 5.60 Å². The average molecular weight is 231 g/mol. The number of aliphatic hydroxyl groups is 2. The number of hydrogen-bond donors (Lipinski definition) is 3. The lowest BCUT2D eigenvalue weighted by Crippen LogP contribution is -2.44.